The molecule has 2 aromatic carbocycles. The monoisotopic (exact) mass is 552 g/mol. The summed E-state index contributed by atoms with van der Waals surface area (Å²) in [6, 6.07) is 18.3. The van der Waals surface area contributed by atoms with Gasteiger partial charge < -0.3 is 28.6 Å². The minimum absolute atomic E-state index is 0.166. The molecule has 4 aromatic rings. The summed E-state index contributed by atoms with van der Waals surface area (Å²) in [6.45, 7) is 5.08. The predicted molar refractivity (Wildman–Crippen MR) is 156 cm³/mol. The first-order chi connectivity index (χ1) is 20.1. The van der Waals surface area contributed by atoms with E-state index >= 15 is 0 Å². The highest BCUT2D eigenvalue weighted by Gasteiger charge is 2.21. The van der Waals surface area contributed by atoms with E-state index in [1.165, 1.54) is 5.69 Å². The summed E-state index contributed by atoms with van der Waals surface area (Å²) in [6.07, 6.45) is 7.98. The molecule has 212 valence electrons. The second-order valence-electron chi connectivity index (χ2n) is 10.8. The largest absolute Gasteiger partial charge is 0.393 e. The van der Waals surface area contributed by atoms with Gasteiger partial charge in [0.15, 0.2) is 12.1 Å². The normalized spacial score (nSPS) is 18.6. The van der Waals surface area contributed by atoms with Crippen LogP contribution in [0.25, 0.3) is 11.3 Å². The topological polar surface area (TPSA) is 85.8 Å². The number of anilines is 1. The Morgan fingerprint density at radius 2 is 1.73 bits per heavy atom. The molecule has 2 aliphatic rings. The Labute approximate surface area is 240 Å². The molecule has 2 aromatic heterocycles. The molecule has 8 heteroatoms. The van der Waals surface area contributed by atoms with Crippen molar-refractivity contribution in [3.63, 3.8) is 0 Å². The molecule has 6 rings (SSSR count). The van der Waals surface area contributed by atoms with Crippen LogP contribution in [0.1, 0.15) is 67.8 Å². The molecule has 8 nitrogen and oxygen atoms in total. The Morgan fingerprint density at radius 1 is 1.00 bits per heavy atom. The van der Waals surface area contributed by atoms with Crippen LogP contribution in [0.3, 0.4) is 0 Å². The Hall–Kier alpha value is -3.90. The van der Waals surface area contributed by atoms with Gasteiger partial charge in [-0.2, -0.15) is 0 Å². The third-order valence-electron chi connectivity index (χ3n) is 7.71. The molecule has 2 aliphatic heterocycles. The lowest BCUT2D eigenvalue weighted by Gasteiger charge is -2.31. The molecule has 0 aliphatic carbocycles. The van der Waals surface area contributed by atoms with E-state index in [-0.39, 0.29) is 18.5 Å². The molecule has 1 unspecified atom stereocenters. The fourth-order valence-electron chi connectivity index (χ4n) is 5.36. The summed E-state index contributed by atoms with van der Waals surface area (Å²) in [5, 5.41) is 14.0. The van der Waals surface area contributed by atoms with Crippen molar-refractivity contribution in [1.29, 1.82) is 0 Å². The standard InChI is InChI=1S/C33H36N4O4/c1-24(40-32-4-2-3-21-39-32)33-34-17-20-37(33)23-28-22-31(41-35-28)27-11-7-25(8-12-27)5-6-26-9-13-29(14-10-26)36-18-15-30(38)16-19-36/h7-14,17,20,22,24,30,32,38H,2-4,15-16,18-19,21,23H2,1H3/t24-,32?/m0/s1. The van der Waals surface area contributed by atoms with Gasteiger partial charge in [-0.3, -0.25) is 0 Å². The number of hydrogen-bond acceptors (Lipinski definition) is 7. The summed E-state index contributed by atoms with van der Waals surface area (Å²) >= 11 is 0. The molecule has 0 radical (unpaired) electrons. The highest BCUT2D eigenvalue weighted by atomic mass is 16.7. The van der Waals surface area contributed by atoms with Gasteiger partial charge in [0.25, 0.3) is 0 Å². The van der Waals surface area contributed by atoms with Crippen molar-refractivity contribution < 1.29 is 19.1 Å². The van der Waals surface area contributed by atoms with E-state index in [0.29, 0.717) is 12.3 Å². The maximum atomic E-state index is 9.73. The fraction of sp³-hybridized carbons (Fsp3) is 0.394. The average molecular weight is 553 g/mol. The van der Waals surface area contributed by atoms with Crippen molar-refractivity contribution >= 4 is 5.69 Å². The van der Waals surface area contributed by atoms with E-state index in [0.717, 1.165) is 80.0 Å². The van der Waals surface area contributed by atoms with E-state index in [1.54, 1.807) is 6.20 Å². The van der Waals surface area contributed by atoms with Gasteiger partial charge in [-0.25, -0.2) is 4.98 Å². The smallest absolute Gasteiger partial charge is 0.167 e. The highest BCUT2D eigenvalue weighted by molar-refractivity contribution is 5.59. The third kappa shape index (κ3) is 6.88. The molecule has 0 bridgehead atoms. The summed E-state index contributed by atoms with van der Waals surface area (Å²) in [7, 11) is 0. The van der Waals surface area contributed by atoms with Crippen LogP contribution in [0.4, 0.5) is 5.69 Å². The van der Waals surface area contributed by atoms with Gasteiger partial charge in [-0.1, -0.05) is 17.0 Å². The van der Waals surface area contributed by atoms with Crippen molar-refractivity contribution in [2.45, 2.75) is 64.1 Å². The van der Waals surface area contributed by atoms with E-state index in [1.807, 2.05) is 48.0 Å². The van der Waals surface area contributed by atoms with Crippen molar-refractivity contribution in [1.82, 2.24) is 14.7 Å². The number of rotatable bonds is 7. The molecule has 4 heterocycles. The number of aliphatic hydroxyl groups is 1. The van der Waals surface area contributed by atoms with E-state index in [9.17, 15) is 5.11 Å². The number of ether oxygens (including phenoxy) is 2. The molecular weight excluding hydrogens is 516 g/mol. The average Bonchev–Trinajstić information content (AvgIpc) is 3.68. The number of hydrogen-bond donors (Lipinski definition) is 1. The first kappa shape index (κ1) is 27.3. The zero-order chi connectivity index (χ0) is 28.0. The molecule has 0 amide bonds. The molecular formula is C33H36N4O4. The maximum absolute atomic E-state index is 9.73. The van der Waals surface area contributed by atoms with Gasteiger partial charge in [0, 0.05) is 60.5 Å². The van der Waals surface area contributed by atoms with Crippen LogP contribution in [0.15, 0.2) is 71.5 Å². The van der Waals surface area contributed by atoms with Crippen LogP contribution in [-0.4, -0.2) is 51.9 Å². The lowest BCUT2D eigenvalue weighted by molar-refractivity contribution is -0.188. The third-order valence-corrected chi connectivity index (χ3v) is 7.71. The van der Waals surface area contributed by atoms with Gasteiger partial charge in [-0.15, -0.1) is 0 Å². The summed E-state index contributed by atoms with van der Waals surface area (Å²) in [5.74, 6) is 8.06. The molecule has 2 fully saturated rings. The molecule has 0 saturated carbocycles. The van der Waals surface area contributed by atoms with Gasteiger partial charge >= 0.3 is 0 Å². The quantitative estimate of drug-likeness (QED) is 0.301. The molecule has 1 N–H and O–H groups in total. The van der Waals surface area contributed by atoms with Crippen LogP contribution in [-0.2, 0) is 16.0 Å². The van der Waals surface area contributed by atoms with Crippen LogP contribution < -0.4 is 4.90 Å². The summed E-state index contributed by atoms with van der Waals surface area (Å²) < 4.78 is 19.5. The highest BCUT2D eigenvalue weighted by Crippen LogP contribution is 2.25. The minimum Gasteiger partial charge on any atom is -0.393 e. The first-order valence-electron chi connectivity index (χ1n) is 14.5. The van der Waals surface area contributed by atoms with E-state index < -0.39 is 0 Å². The van der Waals surface area contributed by atoms with Crippen molar-refractivity contribution in [2.24, 2.45) is 0 Å². The summed E-state index contributed by atoms with van der Waals surface area (Å²) in [5.41, 5.74) is 4.84. The van der Waals surface area contributed by atoms with Gasteiger partial charge in [0.2, 0.25) is 0 Å². The van der Waals surface area contributed by atoms with Crippen molar-refractivity contribution in [3.8, 4) is 23.2 Å². The Bertz CT molecular complexity index is 1470. The number of aromatic nitrogens is 3. The number of imidazole rings is 1. The van der Waals surface area contributed by atoms with Crippen LogP contribution in [0.2, 0.25) is 0 Å². The lowest BCUT2D eigenvalue weighted by Crippen LogP contribution is -2.35. The predicted octanol–water partition coefficient (Wildman–Crippen LogP) is 5.55. The van der Waals surface area contributed by atoms with Gasteiger partial charge in [0.05, 0.1) is 12.6 Å². The number of piperidine rings is 1. The Kier molecular flexibility index (Phi) is 8.47. The molecule has 0 spiro atoms. The fourth-order valence-corrected chi connectivity index (χ4v) is 5.36. The molecule has 41 heavy (non-hydrogen) atoms. The van der Waals surface area contributed by atoms with E-state index in [4.69, 9.17) is 14.0 Å². The van der Waals surface area contributed by atoms with Gasteiger partial charge in [0.1, 0.15) is 17.6 Å². The molecule has 2 saturated heterocycles. The minimum atomic E-state index is -0.185. The zero-order valence-corrected chi connectivity index (χ0v) is 23.4. The first-order valence-corrected chi connectivity index (χ1v) is 14.5. The SMILES string of the molecule is C[C@H](OC1CCCCO1)c1nccn1Cc1cc(-c2ccc(C#Cc3ccc(N4CCC(O)CC4)cc3)cc2)on1. The number of aliphatic hydroxyl groups excluding tert-OH is 1. The second-order valence-corrected chi connectivity index (χ2v) is 10.8. The van der Waals surface area contributed by atoms with Crippen LogP contribution >= 0.6 is 0 Å². The Morgan fingerprint density at radius 3 is 2.44 bits per heavy atom. The van der Waals surface area contributed by atoms with Crippen LogP contribution in [0, 0.1) is 11.8 Å². The molecule has 2 atom stereocenters. The lowest BCUT2D eigenvalue weighted by atomic mass is 10.1. The summed E-state index contributed by atoms with van der Waals surface area (Å²) in [4.78, 5) is 6.83. The maximum Gasteiger partial charge on any atom is 0.167 e. The van der Waals surface area contributed by atoms with Crippen molar-refractivity contribution in [3.05, 3.63) is 89.6 Å². The van der Waals surface area contributed by atoms with Gasteiger partial charge in [-0.05, 0) is 87.6 Å². The number of benzene rings is 2. The number of nitrogens with zero attached hydrogens (tertiary/aromatic N) is 4. The zero-order valence-electron chi connectivity index (χ0n) is 23.4. The second kappa shape index (κ2) is 12.7. The van der Waals surface area contributed by atoms with Crippen LogP contribution in [0.5, 0.6) is 0 Å². The van der Waals surface area contributed by atoms with Crippen molar-refractivity contribution in [2.75, 3.05) is 24.6 Å². The Balaban J connectivity index is 1.06. The van der Waals surface area contributed by atoms with E-state index in [2.05, 4.69) is 51.1 Å².